The lowest BCUT2D eigenvalue weighted by Crippen LogP contribution is -2.30. The van der Waals surface area contributed by atoms with E-state index in [9.17, 15) is 18.0 Å². The molecule has 0 saturated carbocycles. The van der Waals surface area contributed by atoms with E-state index < -0.39 is 21.9 Å². The van der Waals surface area contributed by atoms with E-state index in [4.69, 9.17) is 4.74 Å². The molecule has 8 nitrogen and oxygen atoms in total. The highest BCUT2D eigenvalue weighted by Crippen LogP contribution is 2.38. The minimum Gasteiger partial charge on any atom is -0.462 e. The van der Waals surface area contributed by atoms with Gasteiger partial charge in [0.05, 0.1) is 28.3 Å². The van der Waals surface area contributed by atoms with Crippen molar-refractivity contribution in [3.63, 3.8) is 0 Å². The quantitative estimate of drug-likeness (QED) is 0.254. The molecule has 0 saturated heterocycles. The zero-order chi connectivity index (χ0) is 28.1. The second kappa shape index (κ2) is 12.0. The summed E-state index contributed by atoms with van der Waals surface area (Å²) in [6.45, 7) is 4.14. The van der Waals surface area contributed by atoms with Crippen LogP contribution in [0.4, 0.5) is 10.7 Å². The molecule has 0 bridgehead atoms. The fraction of sp³-hybridized carbons (Fsp3) is 0.200. The molecule has 2 heterocycles. The average molecular weight is 576 g/mol. The summed E-state index contributed by atoms with van der Waals surface area (Å²) in [5.74, 6) is -1.01. The van der Waals surface area contributed by atoms with Gasteiger partial charge in [0.1, 0.15) is 5.00 Å². The molecule has 0 radical (unpaired) electrons. The van der Waals surface area contributed by atoms with Crippen molar-refractivity contribution in [2.24, 2.45) is 0 Å². The summed E-state index contributed by atoms with van der Waals surface area (Å²) in [5, 5.41) is 3.28. The first-order valence-corrected chi connectivity index (χ1v) is 15.2. The highest BCUT2D eigenvalue weighted by molar-refractivity contribution is 7.92. The number of para-hydroxylation sites is 1. The van der Waals surface area contributed by atoms with Gasteiger partial charge in [-0.05, 0) is 48.7 Å². The summed E-state index contributed by atoms with van der Waals surface area (Å²) in [4.78, 5) is 29.9. The van der Waals surface area contributed by atoms with E-state index in [1.165, 1.54) is 41.2 Å². The molecule has 1 aliphatic heterocycles. The van der Waals surface area contributed by atoms with Gasteiger partial charge in [-0.2, -0.15) is 0 Å². The van der Waals surface area contributed by atoms with Crippen LogP contribution in [0, 0.1) is 0 Å². The van der Waals surface area contributed by atoms with Crippen molar-refractivity contribution in [3.05, 3.63) is 112 Å². The first-order valence-electron chi connectivity index (χ1n) is 12.9. The Balaban J connectivity index is 1.41. The SMILES string of the molecule is CCOC(=O)c1c(NC(=O)c2ccccc2NS(=O)(=O)c2ccccc2)sc2c1CCN(Cc1ccccc1)C2. The molecule has 0 fully saturated rings. The van der Waals surface area contributed by atoms with Gasteiger partial charge in [0.15, 0.2) is 0 Å². The Morgan fingerprint density at radius 2 is 1.62 bits per heavy atom. The molecule has 1 aliphatic rings. The van der Waals surface area contributed by atoms with Gasteiger partial charge in [-0.3, -0.25) is 14.4 Å². The number of fused-ring (bicyclic) bond motifs is 1. The van der Waals surface area contributed by atoms with E-state index in [-0.39, 0.29) is 22.8 Å². The summed E-state index contributed by atoms with van der Waals surface area (Å²) in [7, 11) is -3.91. The average Bonchev–Trinajstić information content (AvgIpc) is 3.31. The second-order valence-electron chi connectivity index (χ2n) is 9.29. The van der Waals surface area contributed by atoms with Crippen LogP contribution in [0.2, 0.25) is 0 Å². The Hall–Kier alpha value is -3.99. The predicted octanol–water partition coefficient (Wildman–Crippen LogP) is 5.54. The van der Waals surface area contributed by atoms with E-state index in [0.29, 0.717) is 23.5 Å². The lowest BCUT2D eigenvalue weighted by atomic mass is 10.0. The van der Waals surface area contributed by atoms with Crippen LogP contribution in [0.3, 0.4) is 0 Å². The number of amides is 1. The topological polar surface area (TPSA) is 105 Å². The summed E-state index contributed by atoms with van der Waals surface area (Å²) in [5.41, 5.74) is 2.74. The number of sulfonamides is 1. The maximum Gasteiger partial charge on any atom is 0.341 e. The molecular weight excluding hydrogens is 546 g/mol. The zero-order valence-corrected chi connectivity index (χ0v) is 23.6. The number of carbonyl (C=O) groups is 2. The molecule has 0 aliphatic carbocycles. The summed E-state index contributed by atoms with van der Waals surface area (Å²) in [6, 6.07) is 24.5. The molecule has 5 rings (SSSR count). The van der Waals surface area contributed by atoms with Crippen LogP contribution in [0.1, 0.15) is 43.6 Å². The lowest BCUT2D eigenvalue weighted by Gasteiger charge is -2.27. The van der Waals surface area contributed by atoms with Gasteiger partial charge in [0.2, 0.25) is 0 Å². The Kier molecular flexibility index (Phi) is 8.29. The van der Waals surface area contributed by atoms with E-state index in [0.717, 1.165) is 23.5 Å². The van der Waals surface area contributed by atoms with Gasteiger partial charge in [0.25, 0.3) is 15.9 Å². The van der Waals surface area contributed by atoms with Crippen LogP contribution in [-0.2, 0) is 34.3 Å². The second-order valence-corrected chi connectivity index (χ2v) is 12.1. The van der Waals surface area contributed by atoms with Gasteiger partial charge in [-0.1, -0.05) is 60.7 Å². The van der Waals surface area contributed by atoms with Crippen molar-refractivity contribution in [3.8, 4) is 0 Å². The number of nitrogens with one attached hydrogen (secondary N) is 2. The normalized spacial score (nSPS) is 13.3. The molecule has 1 aromatic heterocycles. The highest BCUT2D eigenvalue weighted by atomic mass is 32.2. The van der Waals surface area contributed by atoms with Gasteiger partial charge < -0.3 is 10.1 Å². The van der Waals surface area contributed by atoms with Crippen molar-refractivity contribution in [1.29, 1.82) is 0 Å². The zero-order valence-electron chi connectivity index (χ0n) is 21.9. The van der Waals surface area contributed by atoms with Crippen LogP contribution in [-0.4, -0.2) is 38.3 Å². The number of hydrogen-bond acceptors (Lipinski definition) is 7. The van der Waals surface area contributed by atoms with Crippen molar-refractivity contribution >= 4 is 43.9 Å². The van der Waals surface area contributed by atoms with Crippen molar-refractivity contribution in [1.82, 2.24) is 4.90 Å². The number of carbonyl (C=O) groups excluding carboxylic acids is 2. The molecular formula is C30H29N3O5S2. The number of esters is 1. The summed E-state index contributed by atoms with van der Waals surface area (Å²) >= 11 is 1.36. The number of thiophene rings is 1. The number of benzene rings is 3. The molecule has 0 spiro atoms. The third-order valence-corrected chi connectivity index (χ3v) is 9.07. The lowest BCUT2D eigenvalue weighted by molar-refractivity contribution is 0.0526. The van der Waals surface area contributed by atoms with Crippen LogP contribution in [0.15, 0.2) is 89.8 Å². The van der Waals surface area contributed by atoms with Gasteiger partial charge in [0, 0.05) is 24.5 Å². The Labute approximate surface area is 237 Å². The largest absolute Gasteiger partial charge is 0.462 e. The minimum atomic E-state index is -3.91. The van der Waals surface area contributed by atoms with Crippen molar-refractivity contribution in [2.45, 2.75) is 31.3 Å². The maximum atomic E-state index is 13.5. The van der Waals surface area contributed by atoms with E-state index in [1.54, 1.807) is 37.3 Å². The molecule has 0 unspecified atom stereocenters. The summed E-state index contributed by atoms with van der Waals surface area (Å²) in [6.07, 6.45) is 0.649. The number of anilines is 2. The molecule has 3 aromatic carbocycles. The van der Waals surface area contributed by atoms with Crippen LogP contribution in [0.25, 0.3) is 0 Å². The first kappa shape index (κ1) is 27.6. The van der Waals surface area contributed by atoms with E-state index in [1.807, 2.05) is 18.2 Å². The molecule has 2 N–H and O–H groups in total. The number of hydrogen-bond donors (Lipinski definition) is 2. The van der Waals surface area contributed by atoms with Crippen molar-refractivity contribution < 1.29 is 22.7 Å². The number of ether oxygens (including phenoxy) is 1. The monoisotopic (exact) mass is 575 g/mol. The molecule has 10 heteroatoms. The van der Waals surface area contributed by atoms with Gasteiger partial charge in [-0.15, -0.1) is 11.3 Å². The third kappa shape index (κ3) is 6.09. The highest BCUT2D eigenvalue weighted by Gasteiger charge is 2.30. The predicted molar refractivity (Wildman–Crippen MR) is 156 cm³/mol. The standard InChI is InChI=1S/C30H29N3O5S2/c1-2-38-30(35)27-24-17-18-33(19-21-11-5-3-6-12-21)20-26(24)39-29(27)31-28(34)23-15-9-10-16-25(23)32-40(36,37)22-13-7-4-8-14-22/h3-16,32H,2,17-20H2,1H3,(H,31,34). The fourth-order valence-electron chi connectivity index (χ4n) is 4.68. The maximum absolute atomic E-state index is 13.5. The van der Waals surface area contributed by atoms with Crippen LogP contribution < -0.4 is 10.0 Å². The molecule has 40 heavy (non-hydrogen) atoms. The first-order chi connectivity index (χ1) is 19.4. The molecule has 1 amide bonds. The fourth-order valence-corrected chi connectivity index (χ4v) is 7.06. The number of nitrogens with zero attached hydrogens (tertiary/aromatic N) is 1. The van der Waals surface area contributed by atoms with E-state index >= 15 is 0 Å². The van der Waals surface area contributed by atoms with E-state index in [2.05, 4.69) is 27.1 Å². The Morgan fingerprint density at radius 3 is 2.35 bits per heavy atom. The van der Waals surface area contributed by atoms with Crippen LogP contribution in [0.5, 0.6) is 0 Å². The van der Waals surface area contributed by atoms with Gasteiger partial charge in [-0.25, -0.2) is 13.2 Å². The Morgan fingerprint density at radius 1 is 0.950 bits per heavy atom. The molecule has 206 valence electrons. The van der Waals surface area contributed by atoms with Crippen LogP contribution >= 0.6 is 11.3 Å². The van der Waals surface area contributed by atoms with Gasteiger partial charge >= 0.3 is 5.97 Å². The van der Waals surface area contributed by atoms with Crippen molar-refractivity contribution in [2.75, 3.05) is 23.2 Å². The Bertz CT molecular complexity index is 1620. The minimum absolute atomic E-state index is 0.0841. The molecule has 0 atom stereocenters. The molecule has 4 aromatic rings. The number of rotatable bonds is 9. The third-order valence-electron chi connectivity index (χ3n) is 6.56. The smallest absolute Gasteiger partial charge is 0.341 e. The summed E-state index contributed by atoms with van der Waals surface area (Å²) < 4.78 is 33.8.